The van der Waals surface area contributed by atoms with Gasteiger partial charge in [0.15, 0.2) is 0 Å². The molecule has 1 N–H and O–H groups in total. The number of nitrogens with one attached hydrogen (secondary N) is 1. The number of carbonyl (C=O) groups is 2. The van der Waals surface area contributed by atoms with E-state index in [0.717, 1.165) is 22.5 Å². The minimum Gasteiger partial charge on any atom is -0.378 e. The zero-order chi connectivity index (χ0) is 22.1. The van der Waals surface area contributed by atoms with E-state index in [0.29, 0.717) is 16.8 Å². The van der Waals surface area contributed by atoms with E-state index < -0.39 is 0 Å². The van der Waals surface area contributed by atoms with Crippen LogP contribution in [0.25, 0.3) is 5.57 Å². The van der Waals surface area contributed by atoms with Gasteiger partial charge in [0.1, 0.15) is 5.70 Å². The van der Waals surface area contributed by atoms with Crippen LogP contribution in [0.5, 0.6) is 0 Å². The molecule has 2 amide bonds. The Bertz CT molecular complexity index is 1180. The first-order valence-corrected chi connectivity index (χ1v) is 10.2. The Kier molecular flexibility index (Phi) is 5.34. The lowest BCUT2D eigenvalue weighted by molar-refractivity contribution is -0.120. The summed E-state index contributed by atoms with van der Waals surface area (Å²) in [6, 6.07) is 22.8. The molecule has 0 aliphatic carbocycles. The van der Waals surface area contributed by atoms with Gasteiger partial charge in [-0.25, -0.2) is 4.90 Å². The van der Waals surface area contributed by atoms with Crippen LogP contribution in [-0.4, -0.2) is 25.9 Å². The van der Waals surface area contributed by atoms with Crippen LogP contribution in [0.2, 0.25) is 0 Å². The maximum atomic E-state index is 13.5. The molecule has 0 saturated heterocycles. The predicted octanol–water partition coefficient (Wildman–Crippen LogP) is 4.77. The third-order valence-electron chi connectivity index (χ3n) is 5.34. The summed E-state index contributed by atoms with van der Waals surface area (Å²) < 4.78 is 0. The molecule has 0 bridgehead atoms. The lowest BCUT2D eigenvalue weighted by Crippen LogP contribution is -2.32. The van der Waals surface area contributed by atoms with Crippen molar-refractivity contribution in [3.05, 3.63) is 95.2 Å². The second-order valence-corrected chi connectivity index (χ2v) is 7.97. The van der Waals surface area contributed by atoms with Crippen molar-refractivity contribution in [2.75, 3.05) is 29.2 Å². The van der Waals surface area contributed by atoms with Gasteiger partial charge in [-0.15, -0.1) is 0 Å². The molecule has 0 unspecified atom stereocenters. The van der Waals surface area contributed by atoms with Gasteiger partial charge >= 0.3 is 0 Å². The van der Waals surface area contributed by atoms with Crippen LogP contribution in [-0.2, 0) is 9.59 Å². The van der Waals surface area contributed by atoms with Crippen molar-refractivity contribution in [2.24, 2.45) is 0 Å². The number of amides is 2. The third-order valence-corrected chi connectivity index (χ3v) is 5.34. The highest BCUT2D eigenvalue weighted by Crippen LogP contribution is 2.34. The molecule has 3 aromatic rings. The Hall–Kier alpha value is -3.86. The van der Waals surface area contributed by atoms with Crippen molar-refractivity contribution in [1.82, 2.24) is 0 Å². The second kappa shape index (κ2) is 8.11. The number of imide groups is 1. The molecule has 1 aliphatic heterocycles. The van der Waals surface area contributed by atoms with Crippen LogP contribution in [0, 0.1) is 13.8 Å². The van der Waals surface area contributed by atoms with Crippen molar-refractivity contribution < 1.29 is 9.59 Å². The smallest absolute Gasteiger partial charge is 0.282 e. The number of carbonyl (C=O) groups excluding carboxylic acids is 2. The Labute approximate surface area is 182 Å². The molecule has 5 heteroatoms. The molecule has 0 aromatic heterocycles. The van der Waals surface area contributed by atoms with Crippen LogP contribution in [0.4, 0.5) is 17.1 Å². The largest absolute Gasteiger partial charge is 0.378 e. The van der Waals surface area contributed by atoms with E-state index in [-0.39, 0.29) is 17.5 Å². The highest BCUT2D eigenvalue weighted by Gasteiger charge is 2.40. The van der Waals surface area contributed by atoms with Crippen molar-refractivity contribution in [3.8, 4) is 0 Å². The lowest BCUT2D eigenvalue weighted by atomic mass is 10.0. The fourth-order valence-corrected chi connectivity index (χ4v) is 3.64. The molecule has 0 fully saturated rings. The van der Waals surface area contributed by atoms with Crippen molar-refractivity contribution >= 4 is 34.4 Å². The summed E-state index contributed by atoms with van der Waals surface area (Å²) in [7, 11) is 3.89. The topological polar surface area (TPSA) is 52.7 Å². The molecule has 0 spiro atoms. The third kappa shape index (κ3) is 3.94. The zero-order valence-electron chi connectivity index (χ0n) is 18.1. The van der Waals surface area contributed by atoms with E-state index in [1.54, 1.807) is 12.1 Å². The highest BCUT2D eigenvalue weighted by molar-refractivity contribution is 6.46. The predicted molar refractivity (Wildman–Crippen MR) is 126 cm³/mol. The van der Waals surface area contributed by atoms with E-state index in [2.05, 4.69) is 5.32 Å². The summed E-state index contributed by atoms with van der Waals surface area (Å²) in [5.74, 6) is -0.693. The van der Waals surface area contributed by atoms with Crippen LogP contribution >= 0.6 is 0 Å². The molecule has 3 aromatic carbocycles. The minimum atomic E-state index is -0.361. The number of aryl methyl sites for hydroxylation is 2. The molecular formula is C26H25N3O2. The van der Waals surface area contributed by atoms with Gasteiger partial charge in [0.2, 0.25) is 0 Å². The Morgan fingerprint density at radius 2 is 1.45 bits per heavy atom. The molecule has 5 nitrogen and oxygen atoms in total. The summed E-state index contributed by atoms with van der Waals surface area (Å²) in [6.07, 6.45) is 0. The maximum absolute atomic E-state index is 13.5. The van der Waals surface area contributed by atoms with Crippen LogP contribution in [0.3, 0.4) is 0 Å². The molecule has 0 saturated carbocycles. The van der Waals surface area contributed by atoms with Crippen molar-refractivity contribution in [2.45, 2.75) is 13.8 Å². The fourth-order valence-electron chi connectivity index (χ4n) is 3.64. The van der Waals surface area contributed by atoms with Gasteiger partial charge in [0.25, 0.3) is 11.8 Å². The normalized spacial score (nSPS) is 13.7. The number of nitrogens with zero attached hydrogens (tertiary/aromatic N) is 2. The Balaban J connectivity index is 1.78. The molecule has 4 rings (SSSR count). The molecule has 31 heavy (non-hydrogen) atoms. The molecule has 0 radical (unpaired) electrons. The standard InChI is InChI=1S/C26H25N3O2/c1-17-8-10-19(11-9-17)23-24(27-20-7-5-6-18(2)16-20)26(31)29(25(23)30)22-14-12-21(13-15-22)28(3)4/h5-16,27H,1-4H3. The molecule has 0 atom stereocenters. The molecule has 156 valence electrons. The van der Waals surface area contributed by atoms with E-state index in [1.165, 1.54) is 4.90 Å². The summed E-state index contributed by atoms with van der Waals surface area (Å²) in [5.41, 5.74) is 5.84. The number of rotatable bonds is 5. The number of hydrogen-bond donors (Lipinski definition) is 1. The first kappa shape index (κ1) is 20.4. The highest BCUT2D eigenvalue weighted by atomic mass is 16.2. The van der Waals surface area contributed by atoms with Gasteiger partial charge in [-0.3, -0.25) is 9.59 Å². The number of hydrogen-bond acceptors (Lipinski definition) is 4. The maximum Gasteiger partial charge on any atom is 0.282 e. The van der Waals surface area contributed by atoms with Gasteiger partial charge in [-0.1, -0.05) is 42.0 Å². The van der Waals surface area contributed by atoms with Crippen LogP contribution < -0.4 is 15.1 Å². The lowest BCUT2D eigenvalue weighted by Gasteiger charge is -2.18. The Morgan fingerprint density at radius 1 is 0.774 bits per heavy atom. The molecular weight excluding hydrogens is 386 g/mol. The van der Waals surface area contributed by atoms with Crippen molar-refractivity contribution in [3.63, 3.8) is 0 Å². The van der Waals surface area contributed by atoms with Gasteiger partial charge in [-0.05, 0) is 61.4 Å². The van der Waals surface area contributed by atoms with Crippen molar-refractivity contribution in [1.29, 1.82) is 0 Å². The van der Waals surface area contributed by atoms with Crippen LogP contribution in [0.15, 0.2) is 78.5 Å². The first-order valence-electron chi connectivity index (χ1n) is 10.2. The van der Waals surface area contributed by atoms with E-state index in [4.69, 9.17) is 0 Å². The first-order chi connectivity index (χ1) is 14.8. The van der Waals surface area contributed by atoms with E-state index in [9.17, 15) is 9.59 Å². The second-order valence-electron chi connectivity index (χ2n) is 7.97. The van der Waals surface area contributed by atoms with E-state index >= 15 is 0 Å². The number of anilines is 3. The molecule has 1 aliphatic rings. The quantitative estimate of drug-likeness (QED) is 0.615. The fraction of sp³-hybridized carbons (Fsp3) is 0.154. The summed E-state index contributed by atoms with van der Waals surface area (Å²) in [6.45, 7) is 3.98. The SMILES string of the molecule is Cc1ccc(C2=C(Nc3cccc(C)c3)C(=O)N(c3ccc(N(C)C)cc3)C2=O)cc1. The minimum absolute atomic E-state index is 0.288. The number of benzene rings is 3. The summed E-state index contributed by atoms with van der Waals surface area (Å²) >= 11 is 0. The van der Waals surface area contributed by atoms with Gasteiger partial charge in [0.05, 0.1) is 11.3 Å². The molecule has 1 heterocycles. The van der Waals surface area contributed by atoms with Gasteiger partial charge in [-0.2, -0.15) is 0 Å². The average molecular weight is 412 g/mol. The van der Waals surface area contributed by atoms with E-state index in [1.807, 2.05) is 93.5 Å². The van der Waals surface area contributed by atoms with Crippen LogP contribution in [0.1, 0.15) is 16.7 Å². The average Bonchev–Trinajstić information content (AvgIpc) is 2.98. The Morgan fingerprint density at radius 3 is 2.06 bits per heavy atom. The van der Waals surface area contributed by atoms with Gasteiger partial charge < -0.3 is 10.2 Å². The zero-order valence-corrected chi connectivity index (χ0v) is 18.1. The monoisotopic (exact) mass is 411 g/mol. The van der Waals surface area contributed by atoms with Gasteiger partial charge in [0, 0.05) is 25.5 Å². The summed E-state index contributed by atoms with van der Waals surface area (Å²) in [5, 5.41) is 3.21. The summed E-state index contributed by atoms with van der Waals surface area (Å²) in [4.78, 5) is 30.1.